The Morgan fingerprint density at radius 1 is 1.31 bits per heavy atom. The summed E-state index contributed by atoms with van der Waals surface area (Å²) in [4.78, 5) is 19.7. The minimum atomic E-state index is -1.90. The smallest absolute Gasteiger partial charge is 0.346 e. The number of rotatable bonds is 7. The number of pyridine rings is 1. The largest absolute Gasteiger partial charge is 0.360 e. The fraction of sp³-hybridized carbons (Fsp3) is 0.278. The molecule has 3 aromatic heterocycles. The average molecular weight is 424 g/mol. The first-order valence-corrected chi connectivity index (χ1v) is 9.39. The summed E-state index contributed by atoms with van der Waals surface area (Å²) in [6, 6.07) is 5.04. The number of nitrogens with zero attached hydrogens (tertiary/aromatic N) is 5. The Labute approximate surface area is 168 Å². The third-order valence-corrected chi connectivity index (χ3v) is 5.29. The van der Waals surface area contributed by atoms with Gasteiger partial charge in [-0.1, -0.05) is 0 Å². The van der Waals surface area contributed by atoms with Gasteiger partial charge in [-0.3, -0.25) is 4.57 Å². The van der Waals surface area contributed by atoms with Crippen molar-refractivity contribution in [2.75, 3.05) is 25.5 Å². The minimum Gasteiger partial charge on any atom is -0.360 e. The quantitative estimate of drug-likeness (QED) is 0.630. The fourth-order valence-corrected chi connectivity index (χ4v) is 3.64. The molecule has 2 N–H and O–H groups in total. The van der Waals surface area contributed by atoms with E-state index in [4.69, 9.17) is 5.73 Å². The molecule has 3 aromatic rings. The second-order valence-electron chi connectivity index (χ2n) is 6.46. The van der Waals surface area contributed by atoms with Crippen LogP contribution in [0.2, 0.25) is 0 Å². The first-order chi connectivity index (χ1) is 13.8. The van der Waals surface area contributed by atoms with Gasteiger partial charge in [0, 0.05) is 47.7 Å². The van der Waals surface area contributed by atoms with Gasteiger partial charge in [0.1, 0.15) is 6.33 Å². The van der Waals surface area contributed by atoms with Crippen molar-refractivity contribution in [3.05, 3.63) is 63.6 Å². The molecular weight excluding hydrogens is 405 g/mol. The maximum Gasteiger partial charge on any atom is 0.346 e. The second kappa shape index (κ2) is 8.62. The predicted molar refractivity (Wildman–Crippen MR) is 106 cm³/mol. The molecule has 0 saturated carbocycles. The molecule has 0 fully saturated rings. The third-order valence-electron chi connectivity index (χ3n) is 4.17. The summed E-state index contributed by atoms with van der Waals surface area (Å²) in [7, 11) is 3.42. The van der Waals surface area contributed by atoms with Crippen molar-refractivity contribution in [3.63, 3.8) is 0 Å². The van der Waals surface area contributed by atoms with Gasteiger partial charge in [-0.15, -0.1) is 11.3 Å². The molecule has 7 nitrogen and oxygen atoms in total. The molecule has 0 bridgehead atoms. The van der Waals surface area contributed by atoms with Gasteiger partial charge in [0.15, 0.2) is 11.6 Å². The molecule has 0 amide bonds. The highest BCUT2D eigenvalue weighted by Crippen LogP contribution is 2.30. The van der Waals surface area contributed by atoms with Crippen LogP contribution >= 0.6 is 11.3 Å². The van der Waals surface area contributed by atoms with E-state index < -0.39 is 17.6 Å². The van der Waals surface area contributed by atoms with Crippen molar-refractivity contribution >= 4 is 17.2 Å². The van der Waals surface area contributed by atoms with Crippen molar-refractivity contribution in [2.24, 2.45) is 5.73 Å². The second-order valence-corrected chi connectivity index (χ2v) is 7.63. The van der Waals surface area contributed by atoms with Crippen LogP contribution in [0, 0.1) is 5.82 Å². The first kappa shape index (κ1) is 20.8. The lowest BCUT2D eigenvalue weighted by atomic mass is 10.2. The van der Waals surface area contributed by atoms with Crippen molar-refractivity contribution in [1.82, 2.24) is 19.3 Å². The normalized spacial score (nSPS) is 11.0. The Balaban J connectivity index is 1.78. The number of nitrogens with two attached hydrogens (primary N) is 1. The Bertz CT molecular complexity index is 1100. The van der Waals surface area contributed by atoms with Crippen LogP contribution in [0.3, 0.4) is 0 Å². The summed E-state index contributed by atoms with van der Waals surface area (Å²) >= 11 is 1.38. The van der Waals surface area contributed by atoms with Crippen LogP contribution in [0.4, 0.5) is 19.0 Å². The van der Waals surface area contributed by atoms with E-state index in [1.54, 1.807) is 25.2 Å². The van der Waals surface area contributed by atoms with Gasteiger partial charge in [0.2, 0.25) is 0 Å². The lowest BCUT2D eigenvalue weighted by Crippen LogP contribution is -2.27. The number of aromatic nitrogens is 4. The van der Waals surface area contributed by atoms with Gasteiger partial charge in [0.25, 0.3) is 6.08 Å². The molecule has 0 aliphatic carbocycles. The molecule has 0 radical (unpaired) electrons. The molecule has 0 atom stereocenters. The van der Waals surface area contributed by atoms with Crippen LogP contribution in [0.1, 0.15) is 4.88 Å². The van der Waals surface area contributed by atoms with E-state index in [9.17, 15) is 18.0 Å². The first-order valence-electron chi connectivity index (χ1n) is 8.57. The summed E-state index contributed by atoms with van der Waals surface area (Å²) in [5.74, 6) is -0.177. The molecule has 29 heavy (non-hydrogen) atoms. The number of hydrogen-bond acceptors (Lipinski definition) is 6. The molecule has 11 heteroatoms. The summed E-state index contributed by atoms with van der Waals surface area (Å²) in [5, 5.41) is 3.87. The Morgan fingerprint density at radius 3 is 2.69 bits per heavy atom. The van der Waals surface area contributed by atoms with E-state index >= 15 is 0 Å². The van der Waals surface area contributed by atoms with E-state index in [0.29, 0.717) is 5.56 Å². The number of hydrogen-bond donors (Lipinski definition) is 1. The highest BCUT2D eigenvalue weighted by atomic mass is 32.1. The van der Waals surface area contributed by atoms with Crippen LogP contribution in [-0.4, -0.2) is 40.0 Å². The molecular formula is C18H19F3N6OS. The maximum atomic E-state index is 14.2. The Morgan fingerprint density at radius 2 is 2.07 bits per heavy atom. The number of anilines is 1. The molecule has 0 spiro atoms. The van der Waals surface area contributed by atoms with E-state index in [-0.39, 0.29) is 31.0 Å². The molecule has 3 heterocycles. The standard InChI is InChI=1S/C18H19F3N6OS/c1-25(2)17-14(19)5-11(7-23-17)15-4-3-13(29-15)9-26-10-24-27(18(26)28)8-12(6-22)16(20)21/h3-5,7,10H,6,8-9,22H2,1-2H3. The van der Waals surface area contributed by atoms with Crippen molar-refractivity contribution in [3.8, 4) is 10.4 Å². The lowest BCUT2D eigenvalue weighted by molar-refractivity contribution is 0.400. The topological polar surface area (TPSA) is 82.0 Å². The van der Waals surface area contributed by atoms with Gasteiger partial charge in [-0.25, -0.2) is 18.9 Å². The van der Waals surface area contributed by atoms with Gasteiger partial charge in [0.05, 0.1) is 13.1 Å². The maximum absolute atomic E-state index is 14.2. The third kappa shape index (κ3) is 4.57. The molecule has 154 valence electrons. The zero-order valence-electron chi connectivity index (χ0n) is 15.8. The molecule has 0 aliphatic rings. The summed E-state index contributed by atoms with van der Waals surface area (Å²) in [5.41, 5.74) is 5.04. The summed E-state index contributed by atoms with van der Waals surface area (Å²) in [6.45, 7) is -0.494. The molecule has 0 aliphatic heterocycles. The van der Waals surface area contributed by atoms with Gasteiger partial charge >= 0.3 is 5.69 Å². The average Bonchev–Trinajstić information content (AvgIpc) is 3.27. The minimum absolute atomic E-state index is 0.217. The summed E-state index contributed by atoms with van der Waals surface area (Å²) < 4.78 is 41.9. The highest BCUT2D eigenvalue weighted by Gasteiger charge is 2.13. The zero-order valence-corrected chi connectivity index (χ0v) is 16.6. The van der Waals surface area contributed by atoms with Crippen molar-refractivity contribution in [2.45, 2.75) is 13.1 Å². The summed E-state index contributed by atoms with van der Waals surface area (Å²) in [6.07, 6.45) is 0.974. The predicted octanol–water partition coefficient (Wildman–Crippen LogP) is 2.53. The van der Waals surface area contributed by atoms with E-state index in [1.807, 2.05) is 12.1 Å². The zero-order chi connectivity index (χ0) is 21.1. The van der Waals surface area contributed by atoms with Crippen molar-refractivity contribution in [1.29, 1.82) is 0 Å². The van der Waals surface area contributed by atoms with Gasteiger partial charge in [-0.2, -0.15) is 13.9 Å². The number of halogens is 3. The number of thiophene rings is 1. The SMILES string of the molecule is CN(C)c1ncc(-c2ccc(Cn3cnn(CC(CN)=C(F)F)c3=O)s2)cc1F. The fourth-order valence-electron chi connectivity index (χ4n) is 2.65. The van der Waals surface area contributed by atoms with E-state index in [0.717, 1.165) is 14.4 Å². The van der Waals surface area contributed by atoms with Crippen LogP contribution in [0.25, 0.3) is 10.4 Å². The molecule has 0 aromatic carbocycles. The van der Waals surface area contributed by atoms with Crippen molar-refractivity contribution < 1.29 is 13.2 Å². The Kier molecular flexibility index (Phi) is 6.18. The van der Waals surface area contributed by atoms with Crippen LogP contribution in [-0.2, 0) is 13.1 Å². The van der Waals surface area contributed by atoms with Crippen LogP contribution in [0.5, 0.6) is 0 Å². The lowest BCUT2D eigenvalue weighted by Gasteiger charge is -2.12. The monoisotopic (exact) mass is 424 g/mol. The van der Waals surface area contributed by atoms with Gasteiger partial charge in [-0.05, 0) is 18.2 Å². The molecule has 3 rings (SSSR count). The van der Waals surface area contributed by atoms with Crippen LogP contribution < -0.4 is 16.3 Å². The van der Waals surface area contributed by atoms with Crippen LogP contribution in [0.15, 0.2) is 47.2 Å². The Hall–Kier alpha value is -2.92. The van der Waals surface area contributed by atoms with E-state index in [2.05, 4.69) is 10.1 Å². The molecule has 0 saturated heterocycles. The van der Waals surface area contributed by atoms with E-state index in [1.165, 1.54) is 28.3 Å². The highest BCUT2D eigenvalue weighted by molar-refractivity contribution is 7.15. The van der Waals surface area contributed by atoms with Gasteiger partial charge < -0.3 is 10.6 Å². The molecule has 0 unspecified atom stereocenters.